The van der Waals surface area contributed by atoms with Crippen molar-refractivity contribution in [2.75, 3.05) is 5.32 Å². The maximum atomic E-state index is 13.8. The molecule has 2 aromatic rings. The van der Waals surface area contributed by atoms with Crippen LogP contribution in [0.5, 0.6) is 0 Å². The van der Waals surface area contributed by atoms with Crippen molar-refractivity contribution in [3.63, 3.8) is 0 Å². The predicted octanol–water partition coefficient (Wildman–Crippen LogP) is 4.60. The highest BCUT2D eigenvalue weighted by atomic mass is 32.2. The number of fused-ring (bicyclic) bond motifs is 3. The van der Waals surface area contributed by atoms with Crippen LogP contribution in [0.4, 0.5) is 24.5 Å². The van der Waals surface area contributed by atoms with Crippen LogP contribution >= 0.6 is 11.8 Å². The van der Waals surface area contributed by atoms with Gasteiger partial charge in [-0.1, -0.05) is 30.0 Å². The second-order valence-corrected chi connectivity index (χ2v) is 7.63. The van der Waals surface area contributed by atoms with E-state index in [0.29, 0.717) is 5.17 Å². The zero-order chi connectivity index (χ0) is 19.8. The molecule has 0 spiro atoms. The number of thioether (sulfide) groups is 1. The number of carbonyl (C=O) groups is 1. The van der Waals surface area contributed by atoms with Gasteiger partial charge in [-0.25, -0.2) is 23.2 Å². The van der Waals surface area contributed by atoms with E-state index in [-0.39, 0.29) is 6.04 Å². The van der Waals surface area contributed by atoms with Crippen LogP contribution in [0.1, 0.15) is 24.9 Å². The zero-order valence-corrected chi connectivity index (χ0v) is 15.5. The van der Waals surface area contributed by atoms with Gasteiger partial charge in [0.15, 0.2) is 22.6 Å². The number of nitrogens with one attached hydrogen (secondary N) is 1. The molecule has 0 saturated heterocycles. The molecule has 0 saturated carbocycles. The summed E-state index contributed by atoms with van der Waals surface area (Å²) in [6.07, 6.45) is 2.53. The number of anilines is 1. The minimum absolute atomic E-state index is 0.0232. The molecule has 0 fully saturated rings. The summed E-state index contributed by atoms with van der Waals surface area (Å²) in [5.74, 6) is -4.93. The maximum absolute atomic E-state index is 13.8. The van der Waals surface area contributed by atoms with Gasteiger partial charge in [-0.15, -0.1) is 0 Å². The predicted molar refractivity (Wildman–Crippen MR) is 103 cm³/mol. The third-order valence-corrected chi connectivity index (χ3v) is 5.54. The molecule has 2 atom stereocenters. The molecule has 0 aliphatic carbocycles. The SMILES string of the molecule is C[C@H](SC1=Nc2ccccc2[C@H]2CC=NN12)C(=O)Nc1ccc(F)c(F)c1F. The summed E-state index contributed by atoms with van der Waals surface area (Å²) in [6.45, 7) is 1.62. The number of rotatable bonds is 3. The van der Waals surface area contributed by atoms with Crippen LogP contribution in [-0.2, 0) is 4.79 Å². The first-order valence-electron chi connectivity index (χ1n) is 8.56. The average molecular weight is 404 g/mol. The summed E-state index contributed by atoms with van der Waals surface area (Å²) in [4.78, 5) is 17.0. The van der Waals surface area contributed by atoms with E-state index in [1.165, 1.54) is 0 Å². The van der Waals surface area contributed by atoms with E-state index >= 15 is 0 Å². The van der Waals surface area contributed by atoms with Gasteiger partial charge >= 0.3 is 0 Å². The normalized spacial score (nSPS) is 18.4. The molecule has 2 aliphatic rings. The van der Waals surface area contributed by atoms with Crippen molar-refractivity contribution in [1.29, 1.82) is 0 Å². The standard InChI is InChI=1S/C19H15F3N4OS/c1-10(18(27)24-14-7-6-12(20)16(21)17(14)22)28-19-25-13-5-3-2-4-11(13)15-8-9-23-26(15)19/h2-7,9-10,15H,8H2,1H3,(H,24,27)/t10-,15+/m0/s1. The maximum Gasteiger partial charge on any atom is 0.237 e. The average Bonchev–Trinajstić information content (AvgIpc) is 3.19. The van der Waals surface area contributed by atoms with Crippen LogP contribution in [-0.4, -0.2) is 27.5 Å². The number of nitrogens with zero attached hydrogens (tertiary/aromatic N) is 3. The Morgan fingerprint density at radius 2 is 2.00 bits per heavy atom. The monoisotopic (exact) mass is 404 g/mol. The minimum Gasteiger partial charge on any atom is -0.323 e. The van der Waals surface area contributed by atoms with Gasteiger partial charge in [-0.3, -0.25) is 4.79 Å². The third-order valence-electron chi connectivity index (χ3n) is 4.48. The van der Waals surface area contributed by atoms with Crippen molar-refractivity contribution < 1.29 is 18.0 Å². The molecule has 5 nitrogen and oxygen atoms in total. The smallest absolute Gasteiger partial charge is 0.237 e. The van der Waals surface area contributed by atoms with Gasteiger partial charge in [0, 0.05) is 18.2 Å². The first-order chi connectivity index (χ1) is 13.5. The number of carbonyl (C=O) groups excluding carboxylic acids is 1. The number of hydrazone groups is 1. The van der Waals surface area contributed by atoms with Crippen molar-refractivity contribution in [3.8, 4) is 0 Å². The van der Waals surface area contributed by atoms with E-state index in [1.807, 2.05) is 24.3 Å². The number of aliphatic imine (C=N–C) groups is 1. The minimum atomic E-state index is -1.62. The summed E-state index contributed by atoms with van der Waals surface area (Å²) < 4.78 is 40.2. The molecule has 0 bridgehead atoms. The van der Waals surface area contributed by atoms with E-state index in [0.717, 1.165) is 41.6 Å². The van der Waals surface area contributed by atoms with Gasteiger partial charge in [0.05, 0.1) is 22.7 Å². The number of hydrogen-bond donors (Lipinski definition) is 1. The molecule has 2 heterocycles. The van der Waals surface area contributed by atoms with Gasteiger partial charge in [-0.05, 0) is 25.1 Å². The summed E-state index contributed by atoms with van der Waals surface area (Å²) >= 11 is 1.16. The summed E-state index contributed by atoms with van der Waals surface area (Å²) in [5, 5.41) is 8.27. The zero-order valence-electron chi connectivity index (χ0n) is 14.7. The highest BCUT2D eigenvalue weighted by Gasteiger charge is 2.34. The van der Waals surface area contributed by atoms with Crippen LogP contribution in [0.3, 0.4) is 0 Å². The number of halogens is 3. The van der Waals surface area contributed by atoms with Gasteiger partial charge < -0.3 is 5.32 Å². The number of amides is 1. The molecule has 2 aliphatic heterocycles. The van der Waals surface area contributed by atoms with Crippen LogP contribution in [0.15, 0.2) is 46.5 Å². The van der Waals surface area contributed by atoms with Gasteiger partial charge in [0.25, 0.3) is 0 Å². The van der Waals surface area contributed by atoms with E-state index in [2.05, 4.69) is 15.4 Å². The molecule has 0 aromatic heterocycles. The summed E-state index contributed by atoms with van der Waals surface area (Å²) in [7, 11) is 0. The number of benzene rings is 2. The molecule has 9 heteroatoms. The molecule has 2 aromatic carbocycles. The summed E-state index contributed by atoms with van der Waals surface area (Å²) in [6, 6.07) is 9.49. The lowest BCUT2D eigenvalue weighted by Gasteiger charge is -2.30. The molecular weight excluding hydrogens is 389 g/mol. The topological polar surface area (TPSA) is 57.1 Å². The van der Waals surface area contributed by atoms with Gasteiger partial charge in [0.2, 0.25) is 5.91 Å². The Labute approximate surface area is 163 Å². The van der Waals surface area contributed by atoms with E-state index in [1.54, 1.807) is 18.1 Å². The molecule has 144 valence electrons. The molecular formula is C19H15F3N4OS. The Kier molecular flexibility index (Phi) is 4.84. The lowest BCUT2D eigenvalue weighted by Crippen LogP contribution is -2.32. The number of para-hydroxylation sites is 1. The number of amidine groups is 1. The first-order valence-corrected chi connectivity index (χ1v) is 9.44. The largest absolute Gasteiger partial charge is 0.323 e. The first kappa shape index (κ1) is 18.5. The fraction of sp³-hybridized carbons (Fsp3) is 0.211. The second kappa shape index (κ2) is 7.31. The Balaban J connectivity index is 1.52. The van der Waals surface area contributed by atoms with Crippen molar-refractivity contribution >= 4 is 40.4 Å². The van der Waals surface area contributed by atoms with E-state index < -0.39 is 34.3 Å². The lowest BCUT2D eigenvalue weighted by atomic mass is 10.0. The Bertz CT molecular complexity index is 1010. The molecule has 1 amide bonds. The van der Waals surface area contributed by atoms with Crippen LogP contribution < -0.4 is 5.32 Å². The van der Waals surface area contributed by atoms with Crippen molar-refractivity contribution in [1.82, 2.24) is 5.01 Å². The fourth-order valence-corrected chi connectivity index (χ4v) is 3.95. The summed E-state index contributed by atoms with van der Waals surface area (Å²) in [5.41, 5.74) is 1.46. The lowest BCUT2D eigenvalue weighted by molar-refractivity contribution is -0.115. The van der Waals surface area contributed by atoms with E-state index in [9.17, 15) is 18.0 Å². The molecule has 28 heavy (non-hydrogen) atoms. The van der Waals surface area contributed by atoms with Crippen molar-refractivity contribution in [2.45, 2.75) is 24.6 Å². The Morgan fingerprint density at radius 1 is 1.21 bits per heavy atom. The van der Waals surface area contributed by atoms with Crippen LogP contribution in [0.2, 0.25) is 0 Å². The van der Waals surface area contributed by atoms with E-state index in [4.69, 9.17) is 0 Å². The molecule has 4 rings (SSSR count). The van der Waals surface area contributed by atoms with Crippen molar-refractivity contribution in [2.24, 2.45) is 10.1 Å². The Morgan fingerprint density at radius 3 is 2.82 bits per heavy atom. The second-order valence-electron chi connectivity index (χ2n) is 6.32. The quantitative estimate of drug-likeness (QED) is 0.761. The third kappa shape index (κ3) is 3.26. The van der Waals surface area contributed by atoms with Gasteiger partial charge in [0.1, 0.15) is 0 Å². The molecule has 0 radical (unpaired) electrons. The molecule has 0 unspecified atom stereocenters. The highest BCUT2D eigenvalue weighted by Crippen LogP contribution is 2.41. The number of hydrogen-bond acceptors (Lipinski definition) is 5. The highest BCUT2D eigenvalue weighted by molar-refractivity contribution is 8.14. The fourth-order valence-electron chi connectivity index (χ4n) is 3.03. The van der Waals surface area contributed by atoms with Gasteiger partial charge in [-0.2, -0.15) is 5.10 Å². The van der Waals surface area contributed by atoms with Crippen LogP contribution in [0, 0.1) is 17.5 Å². The Hall–Kier alpha value is -2.81. The van der Waals surface area contributed by atoms with Crippen LogP contribution in [0.25, 0.3) is 0 Å². The molecule has 1 N–H and O–H groups in total. The van der Waals surface area contributed by atoms with Crippen molar-refractivity contribution in [3.05, 3.63) is 59.4 Å².